The molecule has 0 spiro atoms. The first kappa shape index (κ1) is 15.3. The highest BCUT2D eigenvalue weighted by Crippen LogP contribution is 2.28. The highest BCUT2D eigenvalue weighted by molar-refractivity contribution is 4.91. The lowest BCUT2D eigenvalue weighted by Gasteiger charge is -2.46. The molecule has 1 aliphatic heterocycles. The van der Waals surface area contributed by atoms with Gasteiger partial charge in [-0.05, 0) is 45.6 Å². The number of nitrogens with one attached hydrogen (secondary N) is 1. The quantitative estimate of drug-likeness (QED) is 0.842. The SMILES string of the molecule is CCC(C)N1CCN(C2CC(C)CCC2NC)CC1. The topological polar surface area (TPSA) is 18.5 Å². The van der Waals surface area contributed by atoms with Crippen LogP contribution in [0.5, 0.6) is 0 Å². The van der Waals surface area contributed by atoms with E-state index in [9.17, 15) is 0 Å². The average molecular weight is 267 g/mol. The Kier molecular flexibility index (Phi) is 5.67. The van der Waals surface area contributed by atoms with Crippen LogP contribution in [0.3, 0.4) is 0 Å². The number of nitrogens with zero attached hydrogens (tertiary/aromatic N) is 2. The maximum atomic E-state index is 3.56. The molecule has 2 aliphatic rings. The van der Waals surface area contributed by atoms with E-state index in [0.29, 0.717) is 6.04 Å². The molecular weight excluding hydrogens is 234 g/mol. The van der Waals surface area contributed by atoms with Crippen LogP contribution in [0.15, 0.2) is 0 Å². The molecule has 19 heavy (non-hydrogen) atoms. The van der Waals surface area contributed by atoms with Crippen LogP contribution in [0.2, 0.25) is 0 Å². The minimum absolute atomic E-state index is 0.714. The number of piperazine rings is 1. The Hall–Kier alpha value is -0.120. The van der Waals surface area contributed by atoms with Gasteiger partial charge in [0, 0.05) is 44.3 Å². The number of hydrogen-bond acceptors (Lipinski definition) is 3. The van der Waals surface area contributed by atoms with Gasteiger partial charge in [0.2, 0.25) is 0 Å². The highest BCUT2D eigenvalue weighted by atomic mass is 15.3. The molecule has 2 rings (SSSR count). The van der Waals surface area contributed by atoms with Crippen molar-refractivity contribution in [3.8, 4) is 0 Å². The van der Waals surface area contributed by atoms with Gasteiger partial charge >= 0.3 is 0 Å². The fourth-order valence-corrected chi connectivity index (χ4v) is 3.86. The minimum Gasteiger partial charge on any atom is -0.315 e. The summed E-state index contributed by atoms with van der Waals surface area (Å²) in [7, 11) is 2.14. The Labute approximate surface area is 119 Å². The van der Waals surface area contributed by atoms with E-state index in [0.717, 1.165) is 18.0 Å². The molecule has 0 aromatic heterocycles. The summed E-state index contributed by atoms with van der Waals surface area (Å²) in [4.78, 5) is 5.42. The monoisotopic (exact) mass is 267 g/mol. The lowest BCUT2D eigenvalue weighted by atomic mass is 9.82. The van der Waals surface area contributed by atoms with Crippen molar-refractivity contribution in [1.29, 1.82) is 0 Å². The van der Waals surface area contributed by atoms with Crippen LogP contribution in [0.4, 0.5) is 0 Å². The number of hydrogen-bond donors (Lipinski definition) is 1. The van der Waals surface area contributed by atoms with Gasteiger partial charge in [-0.1, -0.05) is 13.8 Å². The van der Waals surface area contributed by atoms with E-state index in [4.69, 9.17) is 0 Å². The van der Waals surface area contributed by atoms with Crippen LogP contribution < -0.4 is 5.32 Å². The van der Waals surface area contributed by atoms with E-state index < -0.39 is 0 Å². The molecule has 3 heteroatoms. The van der Waals surface area contributed by atoms with Gasteiger partial charge in [-0.2, -0.15) is 0 Å². The smallest absolute Gasteiger partial charge is 0.0252 e. The van der Waals surface area contributed by atoms with Gasteiger partial charge < -0.3 is 5.32 Å². The van der Waals surface area contributed by atoms with E-state index >= 15 is 0 Å². The van der Waals surface area contributed by atoms with E-state index in [1.807, 2.05) is 0 Å². The molecule has 1 aliphatic carbocycles. The summed E-state index contributed by atoms with van der Waals surface area (Å²) < 4.78 is 0. The Bertz CT molecular complexity index is 261. The Balaban J connectivity index is 1.88. The van der Waals surface area contributed by atoms with Gasteiger partial charge in [0.15, 0.2) is 0 Å². The standard InChI is InChI=1S/C16H33N3/c1-5-14(3)18-8-10-19(11-9-18)16-12-13(2)6-7-15(16)17-4/h13-17H,5-12H2,1-4H3. The maximum Gasteiger partial charge on any atom is 0.0252 e. The molecule has 0 aromatic rings. The van der Waals surface area contributed by atoms with Crippen molar-refractivity contribution in [1.82, 2.24) is 15.1 Å². The van der Waals surface area contributed by atoms with Gasteiger partial charge in [0.1, 0.15) is 0 Å². The third-order valence-electron chi connectivity index (χ3n) is 5.48. The van der Waals surface area contributed by atoms with Crippen molar-refractivity contribution < 1.29 is 0 Å². The second kappa shape index (κ2) is 7.05. The van der Waals surface area contributed by atoms with Crippen LogP contribution in [-0.4, -0.2) is 61.2 Å². The zero-order valence-corrected chi connectivity index (χ0v) is 13.4. The molecule has 3 nitrogen and oxygen atoms in total. The molecule has 1 N–H and O–H groups in total. The molecule has 1 heterocycles. The van der Waals surface area contributed by atoms with Gasteiger partial charge in [-0.15, -0.1) is 0 Å². The summed E-state index contributed by atoms with van der Waals surface area (Å²) >= 11 is 0. The van der Waals surface area contributed by atoms with E-state index in [-0.39, 0.29) is 0 Å². The van der Waals surface area contributed by atoms with E-state index in [1.165, 1.54) is 51.9 Å². The third-order valence-corrected chi connectivity index (χ3v) is 5.48. The largest absolute Gasteiger partial charge is 0.315 e. The predicted octanol–water partition coefficient (Wildman–Crippen LogP) is 2.18. The molecule has 4 atom stereocenters. The lowest BCUT2D eigenvalue weighted by molar-refractivity contribution is 0.0381. The molecule has 4 unspecified atom stereocenters. The minimum atomic E-state index is 0.714. The molecule has 0 amide bonds. The molecule has 0 aromatic carbocycles. The summed E-state index contributed by atoms with van der Waals surface area (Å²) in [5.41, 5.74) is 0. The zero-order valence-electron chi connectivity index (χ0n) is 13.4. The van der Waals surface area contributed by atoms with Crippen molar-refractivity contribution in [2.24, 2.45) is 5.92 Å². The summed E-state index contributed by atoms with van der Waals surface area (Å²) in [5.74, 6) is 0.905. The fraction of sp³-hybridized carbons (Fsp3) is 1.00. The van der Waals surface area contributed by atoms with Crippen LogP contribution in [0.1, 0.15) is 46.5 Å². The first-order valence-corrected chi connectivity index (χ1v) is 8.31. The fourth-order valence-electron chi connectivity index (χ4n) is 3.86. The summed E-state index contributed by atoms with van der Waals surface area (Å²) in [6.45, 7) is 12.1. The zero-order chi connectivity index (χ0) is 13.8. The van der Waals surface area contributed by atoms with Crippen molar-refractivity contribution in [2.45, 2.75) is 64.6 Å². The van der Waals surface area contributed by atoms with E-state index in [2.05, 4.69) is 42.9 Å². The van der Waals surface area contributed by atoms with Crippen molar-refractivity contribution in [3.63, 3.8) is 0 Å². The van der Waals surface area contributed by atoms with E-state index in [1.54, 1.807) is 0 Å². The summed E-state index contributed by atoms with van der Waals surface area (Å²) in [6, 6.07) is 2.24. The number of likely N-dealkylation sites (N-methyl/N-ethyl adjacent to an activating group) is 1. The third kappa shape index (κ3) is 3.71. The lowest BCUT2D eigenvalue weighted by Crippen LogP contribution is -2.58. The highest BCUT2D eigenvalue weighted by Gasteiger charge is 2.33. The summed E-state index contributed by atoms with van der Waals surface area (Å²) in [6.07, 6.45) is 5.41. The summed E-state index contributed by atoms with van der Waals surface area (Å²) in [5, 5.41) is 3.56. The molecule has 0 bridgehead atoms. The van der Waals surface area contributed by atoms with Crippen LogP contribution in [-0.2, 0) is 0 Å². The molecule has 1 saturated carbocycles. The van der Waals surface area contributed by atoms with Crippen molar-refractivity contribution >= 4 is 0 Å². The molecule has 1 saturated heterocycles. The van der Waals surface area contributed by atoms with Crippen molar-refractivity contribution in [2.75, 3.05) is 33.2 Å². The first-order valence-electron chi connectivity index (χ1n) is 8.31. The number of rotatable bonds is 4. The Morgan fingerprint density at radius 1 is 1.16 bits per heavy atom. The van der Waals surface area contributed by atoms with Crippen molar-refractivity contribution in [3.05, 3.63) is 0 Å². The van der Waals surface area contributed by atoms with Gasteiger partial charge in [-0.25, -0.2) is 0 Å². The predicted molar refractivity (Wildman–Crippen MR) is 82.5 cm³/mol. The molecule has 2 fully saturated rings. The van der Waals surface area contributed by atoms with Crippen LogP contribution in [0.25, 0.3) is 0 Å². The van der Waals surface area contributed by atoms with Gasteiger partial charge in [0.25, 0.3) is 0 Å². The normalized spacial score (nSPS) is 36.3. The van der Waals surface area contributed by atoms with Gasteiger partial charge in [-0.3, -0.25) is 9.80 Å². The average Bonchev–Trinajstić information content (AvgIpc) is 2.46. The van der Waals surface area contributed by atoms with Gasteiger partial charge in [0.05, 0.1) is 0 Å². The van der Waals surface area contributed by atoms with Crippen LogP contribution in [0, 0.1) is 5.92 Å². The Morgan fingerprint density at radius 3 is 2.42 bits per heavy atom. The first-order chi connectivity index (χ1) is 9.15. The Morgan fingerprint density at radius 2 is 1.84 bits per heavy atom. The van der Waals surface area contributed by atoms with Crippen LogP contribution >= 0.6 is 0 Å². The molecular formula is C16H33N3. The second-order valence-corrected chi connectivity index (χ2v) is 6.71. The second-order valence-electron chi connectivity index (χ2n) is 6.71. The maximum absolute atomic E-state index is 3.56. The molecule has 112 valence electrons. The molecule has 0 radical (unpaired) electrons.